The summed E-state index contributed by atoms with van der Waals surface area (Å²) >= 11 is 0. The van der Waals surface area contributed by atoms with Crippen molar-refractivity contribution in [3.63, 3.8) is 0 Å². The van der Waals surface area contributed by atoms with E-state index in [1.807, 2.05) is 25.7 Å². The molecular formula is C19H30N2O4. The summed E-state index contributed by atoms with van der Waals surface area (Å²) in [5.74, 6) is 2.18. The van der Waals surface area contributed by atoms with Crippen LogP contribution >= 0.6 is 0 Å². The van der Waals surface area contributed by atoms with Crippen LogP contribution in [0.15, 0.2) is 12.1 Å². The first-order valence-corrected chi connectivity index (χ1v) is 9.20. The molecule has 2 rings (SSSR count). The maximum atomic E-state index is 12.9. The summed E-state index contributed by atoms with van der Waals surface area (Å²) in [6.45, 7) is 9.37. The van der Waals surface area contributed by atoms with Gasteiger partial charge < -0.3 is 24.8 Å². The van der Waals surface area contributed by atoms with E-state index in [0.717, 1.165) is 25.9 Å². The van der Waals surface area contributed by atoms with Crippen LogP contribution < -0.4 is 19.9 Å². The molecule has 0 atom stereocenters. The Kier molecular flexibility index (Phi) is 7.37. The predicted molar refractivity (Wildman–Crippen MR) is 97.6 cm³/mol. The monoisotopic (exact) mass is 350 g/mol. The van der Waals surface area contributed by atoms with E-state index in [2.05, 4.69) is 0 Å². The summed E-state index contributed by atoms with van der Waals surface area (Å²) in [5, 5.41) is 0. The standard InChI is InChI=1S/C19H30N2O4/c1-4-23-16-11-15(12-17(24-5-2)18(16)25-6-3)19(22)21-9-7-14(13-20)8-10-21/h11-12,14H,4-10,13,20H2,1-3H3. The molecule has 0 saturated carbocycles. The van der Waals surface area contributed by atoms with Crippen molar-refractivity contribution in [2.45, 2.75) is 33.6 Å². The number of carbonyl (C=O) groups excluding carboxylic acids is 1. The lowest BCUT2D eigenvalue weighted by molar-refractivity contribution is 0.0692. The van der Waals surface area contributed by atoms with Crippen LogP contribution in [0.25, 0.3) is 0 Å². The third kappa shape index (κ3) is 4.78. The van der Waals surface area contributed by atoms with Crippen molar-refractivity contribution >= 4 is 5.91 Å². The number of hydrogen-bond acceptors (Lipinski definition) is 5. The number of likely N-dealkylation sites (tertiary alicyclic amines) is 1. The summed E-state index contributed by atoms with van der Waals surface area (Å²) in [6.07, 6.45) is 1.91. The van der Waals surface area contributed by atoms with Crippen molar-refractivity contribution in [1.82, 2.24) is 4.90 Å². The first kappa shape index (κ1) is 19.4. The third-order valence-electron chi connectivity index (χ3n) is 4.39. The number of nitrogens with two attached hydrogens (primary N) is 1. The van der Waals surface area contributed by atoms with Gasteiger partial charge in [0.1, 0.15) is 0 Å². The highest BCUT2D eigenvalue weighted by atomic mass is 16.5. The highest BCUT2D eigenvalue weighted by molar-refractivity contribution is 5.95. The number of hydrogen-bond donors (Lipinski definition) is 1. The largest absolute Gasteiger partial charge is 0.490 e. The van der Waals surface area contributed by atoms with Crippen LogP contribution in [-0.4, -0.2) is 50.3 Å². The Labute approximate surface area is 150 Å². The number of benzene rings is 1. The molecule has 6 heteroatoms. The normalized spacial score (nSPS) is 15.1. The summed E-state index contributed by atoms with van der Waals surface area (Å²) in [6, 6.07) is 3.52. The fraction of sp³-hybridized carbons (Fsp3) is 0.632. The van der Waals surface area contributed by atoms with Crippen molar-refractivity contribution in [3.05, 3.63) is 17.7 Å². The SMILES string of the molecule is CCOc1cc(C(=O)N2CCC(CN)CC2)cc(OCC)c1OCC. The van der Waals surface area contributed by atoms with E-state index in [1.54, 1.807) is 12.1 Å². The molecule has 6 nitrogen and oxygen atoms in total. The Morgan fingerprint density at radius 1 is 1.04 bits per heavy atom. The van der Waals surface area contributed by atoms with Crippen LogP contribution in [0, 0.1) is 5.92 Å². The molecule has 0 aliphatic carbocycles. The van der Waals surface area contributed by atoms with Crippen LogP contribution in [0.1, 0.15) is 44.0 Å². The second kappa shape index (κ2) is 9.51. The molecule has 0 bridgehead atoms. The highest BCUT2D eigenvalue weighted by Crippen LogP contribution is 2.39. The first-order valence-electron chi connectivity index (χ1n) is 9.20. The first-order chi connectivity index (χ1) is 12.1. The van der Waals surface area contributed by atoms with Gasteiger partial charge in [0.05, 0.1) is 19.8 Å². The predicted octanol–water partition coefficient (Wildman–Crippen LogP) is 2.69. The van der Waals surface area contributed by atoms with Gasteiger partial charge in [0, 0.05) is 18.7 Å². The molecular weight excluding hydrogens is 320 g/mol. The minimum atomic E-state index is 0.000394. The summed E-state index contributed by atoms with van der Waals surface area (Å²) < 4.78 is 17.1. The zero-order valence-electron chi connectivity index (χ0n) is 15.5. The molecule has 0 unspecified atom stereocenters. The van der Waals surface area contributed by atoms with Crippen molar-refractivity contribution in [2.75, 3.05) is 39.5 Å². The summed E-state index contributed by atoms with van der Waals surface area (Å²) in [7, 11) is 0. The van der Waals surface area contributed by atoms with E-state index in [-0.39, 0.29) is 5.91 Å². The third-order valence-corrected chi connectivity index (χ3v) is 4.39. The van der Waals surface area contributed by atoms with E-state index >= 15 is 0 Å². The lowest BCUT2D eigenvalue weighted by Crippen LogP contribution is -2.40. The van der Waals surface area contributed by atoms with Gasteiger partial charge in [-0.05, 0) is 58.2 Å². The van der Waals surface area contributed by atoms with E-state index < -0.39 is 0 Å². The zero-order valence-corrected chi connectivity index (χ0v) is 15.5. The Balaban J connectivity index is 2.28. The second-order valence-electron chi connectivity index (χ2n) is 6.07. The van der Waals surface area contributed by atoms with Crippen molar-refractivity contribution in [2.24, 2.45) is 11.7 Å². The maximum Gasteiger partial charge on any atom is 0.254 e. The number of nitrogens with zero attached hydrogens (tertiary/aromatic N) is 1. The van der Waals surface area contributed by atoms with Crippen molar-refractivity contribution in [3.8, 4) is 17.2 Å². The van der Waals surface area contributed by atoms with Gasteiger partial charge in [-0.25, -0.2) is 0 Å². The highest BCUT2D eigenvalue weighted by Gasteiger charge is 2.25. The molecule has 1 aromatic carbocycles. The molecule has 1 aliphatic rings. The van der Waals surface area contributed by atoms with Crippen LogP contribution in [0.4, 0.5) is 0 Å². The maximum absolute atomic E-state index is 12.9. The molecule has 140 valence electrons. The van der Waals surface area contributed by atoms with Gasteiger partial charge >= 0.3 is 0 Å². The van der Waals surface area contributed by atoms with Gasteiger partial charge in [0.15, 0.2) is 11.5 Å². The number of carbonyl (C=O) groups is 1. The number of rotatable bonds is 8. The van der Waals surface area contributed by atoms with Gasteiger partial charge in [-0.3, -0.25) is 4.79 Å². The molecule has 1 aliphatic heterocycles. The smallest absolute Gasteiger partial charge is 0.254 e. The van der Waals surface area contributed by atoms with Crippen molar-refractivity contribution < 1.29 is 19.0 Å². The lowest BCUT2D eigenvalue weighted by Gasteiger charge is -2.31. The Hall–Kier alpha value is -1.95. The Morgan fingerprint density at radius 2 is 1.56 bits per heavy atom. The van der Waals surface area contributed by atoms with Gasteiger partial charge in [0.25, 0.3) is 5.91 Å². The molecule has 0 radical (unpaired) electrons. The molecule has 1 heterocycles. The molecule has 1 aromatic rings. The second-order valence-corrected chi connectivity index (χ2v) is 6.07. The average Bonchev–Trinajstić information content (AvgIpc) is 2.64. The zero-order chi connectivity index (χ0) is 18.2. The number of piperidine rings is 1. The number of ether oxygens (including phenoxy) is 3. The van der Waals surface area contributed by atoms with Crippen LogP contribution in [0.5, 0.6) is 17.2 Å². The van der Waals surface area contributed by atoms with E-state index in [9.17, 15) is 4.79 Å². The Bertz CT molecular complexity index is 542. The molecule has 2 N–H and O–H groups in total. The average molecular weight is 350 g/mol. The van der Waals surface area contributed by atoms with Crippen molar-refractivity contribution in [1.29, 1.82) is 0 Å². The molecule has 1 amide bonds. The van der Waals surface area contributed by atoms with Crippen LogP contribution in [0.3, 0.4) is 0 Å². The lowest BCUT2D eigenvalue weighted by atomic mass is 9.96. The molecule has 25 heavy (non-hydrogen) atoms. The van der Waals surface area contributed by atoms with E-state index in [0.29, 0.717) is 55.1 Å². The Morgan fingerprint density at radius 3 is 2.00 bits per heavy atom. The van der Waals surface area contributed by atoms with Gasteiger partial charge in [0.2, 0.25) is 5.75 Å². The molecule has 1 saturated heterocycles. The van der Waals surface area contributed by atoms with Crippen LogP contribution in [0.2, 0.25) is 0 Å². The minimum Gasteiger partial charge on any atom is -0.490 e. The minimum absolute atomic E-state index is 0.000394. The molecule has 0 aromatic heterocycles. The summed E-state index contributed by atoms with van der Waals surface area (Å²) in [5.41, 5.74) is 6.31. The van der Waals surface area contributed by atoms with Gasteiger partial charge in [-0.1, -0.05) is 0 Å². The van der Waals surface area contributed by atoms with Crippen LogP contribution in [-0.2, 0) is 0 Å². The molecule has 0 spiro atoms. The summed E-state index contributed by atoms with van der Waals surface area (Å²) in [4.78, 5) is 14.8. The van der Waals surface area contributed by atoms with Gasteiger partial charge in [-0.2, -0.15) is 0 Å². The fourth-order valence-electron chi connectivity index (χ4n) is 3.07. The molecule has 1 fully saturated rings. The fourth-order valence-corrected chi connectivity index (χ4v) is 3.07. The quantitative estimate of drug-likeness (QED) is 0.780. The van der Waals surface area contributed by atoms with Gasteiger partial charge in [-0.15, -0.1) is 0 Å². The topological polar surface area (TPSA) is 74.0 Å². The van der Waals surface area contributed by atoms with E-state index in [4.69, 9.17) is 19.9 Å². The van der Waals surface area contributed by atoms with E-state index in [1.165, 1.54) is 0 Å². The number of amides is 1.